The number of esters is 1. The van der Waals surface area contributed by atoms with Crippen LogP contribution in [0.1, 0.15) is 15.9 Å². The zero-order valence-electron chi connectivity index (χ0n) is 9.30. The van der Waals surface area contributed by atoms with Gasteiger partial charge in [-0.15, -0.1) is 0 Å². The number of rotatable bonds is 2. The minimum Gasteiger partial charge on any atom is -0.465 e. The molecule has 0 aromatic heterocycles. The van der Waals surface area contributed by atoms with Gasteiger partial charge in [-0.3, -0.25) is 14.9 Å². The van der Waals surface area contributed by atoms with E-state index in [1.54, 1.807) is 0 Å². The van der Waals surface area contributed by atoms with Crippen LogP contribution in [0.25, 0.3) is 0 Å². The average Bonchev–Trinajstić information content (AvgIpc) is 2.34. The highest BCUT2D eigenvalue weighted by Gasteiger charge is 2.14. The number of carbonyl (C=O) groups is 2. The first-order valence-electron chi connectivity index (χ1n) is 4.63. The van der Waals surface area contributed by atoms with Gasteiger partial charge in [0.2, 0.25) is 0 Å². The molecule has 1 amide bonds. The quantitative estimate of drug-likeness (QED) is 0.348. The summed E-state index contributed by atoms with van der Waals surface area (Å²) in [5.74, 6) is 2.74. The summed E-state index contributed by atoms with van der Waals surface area (Å²) in [4.78, 5) is 31.8. The Hall–Kier alpha value is -2.88. The summed E-state index contributed by atoms with van der Waals surface area (Å²) in [5.41, 5.74) is 4.60. The first-order valence-corrected chi connectivity index (χ1v) is 4.63. The Kier molecular flexibility index (Phi) is 3.99. The number of nitro groups is 1. The van der Waals surface area contributed by atoms with Crippen molar-refractivity contribution in [1.82, 2.24) is 0 Å². The number of nitro benzene ring substituents is 1. The van der Waals surface area contributed by atoms with Crippen molar-refractivity contribution in [3.05, 3.63) is 39.4 Å². The van der Waals surface area contributed by atoms with Gasteiger partial charge in [0.15, 0.2) is 0 Å². The minimum atomic E-state index is -0.874. The third-order valence-corrected chi connectivity index (χ3v) is 1.88. The molecule has 0 atom stereocenters. The highest BCUT2D eigenvalue weighted by atomic mass is 16.6. The van der Waals surface area contributed by atoms with Crippen LogP contribution in [0.4, 0.5) is 5.69 Å². The van der Waals surface area contributed by atoms with Gasteiger partial charge in [-0.25, -0.2) is 4.79 Å². The standard InChI is InChI=1S/C11H8N2O5/c1-18-11(15)8-4-7(2-3-10(12)14)5-9(6-8)13(16)17/h4-6H,1H3,(H2,12,14). The van der Waals surface area contributed by atoms with Gasteiger partial charge < -0.3 is 10.5 Å². The SMILES string of the molecule is COC(=O)c1cc(C#CC(N)=O)cc([N+](=O)[O-])c1. The maximum atomic E-state index is 11.3. The number of non-ortho nitro benzene ring substituents is 1. The molecule has 0 aliphatic heterocycles. The number of nitrogens with two attached hydrogens (primary N) is 1. The molecule has 7 nitrogen and oxygen atoms in total. The van der Waals surface area contributed by atoms with Crippen molar-refractivity contribution in [1.29, 1.82) is 0 Å². The van der Waals surface area contributed by atoms with Crippen LogP contribution in [0.2, 0.25) is 0 Å². The third kappa shape index (κ3) is 3.31. The van der Waals surface area contributed by atoms with Crippen molar-refractivity contribution in [2.24, 2.45) is 5.73 Å². The van der Waals surface area contributed by atoms with E-state index in [0.717, 1.165) is 19.2 Å². The molecule has 0 spiro atoms. The molecule has 1 aromatic rings. The topological polar surface area (TPSA) is 113 Å². The van der Waals surface area contributed by atoms with Gasteiger partial charge >= 0.3 is 5.97 Å². The van der Waals surface area contributed by atoms with Crippen LogP contribution in [-0.2, 0) is 9.53 Å². The summed E-state index contributed by atoms with van der Waals surface area (Å²) in [6.45, 7) is 0. The maximum Gasteiger partial charge on any atom is 0.338 e. The van der Waals surface area contributed by atoms with Crippen molar-refractivity contribution < 1.29 is 19.2 Å². The number of amides is 1. The molecular weight excluding hydrogens is 240 g/mol. The second-order valence-corrected chi connectivity index (χ2v) is 3.13. The number of ether oxygens (including phenoxy) is 1. The fourth-order valence-electron chi connectivity index (χ4n) is 1.16. The lowest BCUT2D eigenvalue weighted by Gasteiger charge is -2.00. The molecule has 0 unspecified atom stereocenters. The molecule has 1 aromatic carbocycles. The van der Waals surface area contributed by atoms with E-state index in [1.165, 1.54) is 6.07 Å². The lowest BCUT2D eigenvalue weighted by atomic mass is 10.1. The first-order chi connectivity index (χ1) is 8.43. The maximum absolute atomic E-state index is 11.3. The second-order valence-electron chi connectivity index (χ2n) is 3.13. The molecule has 0 saturated heterocycles. The van der Waals surface area contributed by atoms with E-state index in [4.69, 9.17) is 5.73 Å². The minimum absolute atomic E-state index is 0.0273. The Balaban J connectivity index is 3.32. The number of primary amides is 1. The first kappa shape index (κ1) is 13.2. The normalized spacial score (nSPS) is 8.94. The summed E-state index contributed by atoms with van der Waals surface area (Å²) in [7, 11) is 1.15. The van der Waals surface area contributed by atoms with Crippen molar-refractivity contribution in [2.75, 3.05) is 7.11 Å². The summed E-state index contributed by atoms with van der Waals surface area (Å²) < 4.78 is 4.45. The molecule has 92 valence electrons. The van der Waals surface area contributed by atoms with Crippen molar-refractivity contribution in [3.8, 4) is 11.8 Å². The van der Waals surface area contributed by atoms with Crippen molar-refractivity contribution in [2.45, 2.75) is 0 Å². The number of nitrogens with zero attached hydrogens (tertiary/aromatic N) is 1. The van der Waals surface area contributed by atoms with Crippen molar-refractivity contribution in [3.63, 3.8) is 0 Å². The molecule has 2 N–H and O–H groups in total. The number of hydrogen-bond donors (Lipinski definition) is 1. The Bertz CT molecular complexity index is 583. The van der Waals surface area contributed by atoms with Crippen molar-refractivity contribution >= 4 is 17.6 Å². The van der Waals surface area contributed by atoms with E-state index in [1.807, 2.05) is 5.92 Å². The molecule has 0 saturated carbocycles. The summed E-state index contributed by atoms with van der Waals surface area (Å²) in [5, 5.41) is 10.7. The summed E-state index contributed by atoms with van der Waals surface area (Å²) >= 11 is 0. The molecule has 0 fully saturated rings. The number of hydrogen-bond acceptors (Lipinski definition) is 5. The molecule has 0 aliphatic rings. The number of methoxy groups -OCH3 is 1. The predicted molar refractivity (Wildman–Crippen MR) is 60.5 cm³/mol. The zero-order chi connectivity index (χ0) is 13.7. The lowest BCUT2D eigenvalue weighted by Crippen LogP contribution is -2.06. The van der Waals surface area contributed by atoms with Gasteiger partial charge in [-0.1, -0.05) is 5.92 Å². The molecule has 0 aliphatic carbocycles. The van der Waals surface area contributed by atoms with Gasteiger partial charge in [-0.05, 0) is 12.0 Å². The van der Waals surface area contributed by atoms with Crippen LogP contribution in [0.15, 0.2) is 18.2 Å². The van der Waals surface area contributed by atoms with E-state index in [9.17, 15) is 19.7 Å². The van der Waals surface area contributed by atoms with Crippen LogP contribution >= 0.6 is 0 Å². The predicted octanol–water partition coefficient (Wildman–Crippen LogP) is 0.218. The largest absolute Gasteiger partial charge is 0.465 e. The summed E-state index contributed by atoms with van der Waals surface area (Å²) in [6.07, 6.45) is 0. The molecule has 0 bridgehead atoms. The molecule has 18 heavy (non-hydrogen) atoms. The van der Waals surface area contributed by atoms with Gasteiger partial charge in [-0.2, -0.15) is 0 Å². The van der Waals surface area contributed by atoms with Gasteiger partial charge in [0, 0.05) is 17.7 Å². The van der Waals surface area contributed by atoms with Gasteiger partial charge in [0.25, 0.3) is 11.6 Å². The van der Waals surface area contributed by atoms with Gasteiger partial charge in [0.05, 0.1) is 17.6 Å². The second kappa shape index (κ2) is 5.45. The molecular formula is C11H8N2O5. The monoisotopic (exact) mass is 248 g/mol. The van der Waals surface area contributed by atoms with Crippen LogP contribution in [-0.4, -0.2) is 23.9 Å². The smallest absolute Gasteiger partial charge is 0.338 e. The fraction of sp³-hybridized carbons (Fsp3) is 0.0909. The van der Waals surface area contributed by atoms with Crippen LogP contribution in [0.3, 0.4) is 0 Å². The Morgan fingerprint density at radius 2 is 2.06 bits per heavy atom. The fourth-order valence-corrected chi connectivity index (χ4v) is 1.16. The number of carbonyl (C=O) groups excluding carboxylic acids is 2. The van der Waals surface area contributed by atoms with E-state index in [2.05, 4.69) is 10.7 Å². The van der Waals surface area contributed by atoms with E-state index in [0.29, 0.717) is 0 Å². The zero-order valence-corrected chi connectivity index (χ0v) is 9.30. The molecule has 0 radical (unpaired) electrons. The Morgan fingerprint density at radius 1 is 1.39 bits per heavy atom. The molecule has 0 heterocycles. The highest BCUT2D eigenvalue weighted by Crippen LogP contribution is 2.17. The Labute approximate surface area is 102 Å². The van der Waals surface area contributed by atoms with E-state index < -0.39 is 16.8 Å². The third-order valence-electron chi connectivity index (χ3n) is 1.88. The van der Waals surface area contributed by atoms with Crippen LogP contribution < -0.4 is 5.73 Å². The number of benzene rings is 1. The van der Waals surface area contributed by atoms with E-state index in [-0.39, 0.29) is 16.8 Å². The highest BCUT2D eigenvalue weighted by molar-refractivity contribution is 5.93. The van der Waals surface area contributed by atoms with Crippen LogP contribution in [0.5, 0.6) is 0 Å². The van der Waals surface area contributed by atoms with E-state index >= 15 is 0 Å². The molecule has 1 rings (SSSR count). The summed E-state index contributed by atoms with van der Waals surface area (Å²) in [6, 6.07) is 3.46. The van der Waals surface area contributed by atoms with Crippen LogP contribution in [0, 0.1) is 22.0 Å². The van der Waals surface area contributed by atoms with Gasteiger partial charge in [0.1, 0.15) is 0 Å². The average molecular weight is 248 g/mol. The lowest BCUT2D eigenvalue weighted by molar-refractivity contribution is -0.384. The Morgan fingerprint density at radius 3 is 2.56 bits per heavy atom. The molecule has 7 heteroatoms.